The first-order valence-corrected chi connectivity index (χ1v) is 10.1. The largest absolute Gasteiger partial charge is 0.479 e. The van der Waals surface area contributed by atoms with Crippen molar-refractivity contribution < 1.29 is 32.3 Å². The van der Waals surface area contributed by atoms with E-state index in [1.54, 1.807) is 25.1 Å². The van der Waals surface area contributed by atoms with Crippen LogP contribution in [-0.4, -0.2) is 29.1 Å². The Kier molecular flexibility index (Phi) is 5.29. The highest BCUT2D eigenvalue weighted by Crippen LogP contribution is 2.40. The van der Waals surface area contributed by atoms with Crippen molar-refractivity contribution in [2.24, 2.45) is 0 Å². The van der Waals surface area contributed by atoms with E-state index < -0.39 is 34.9 Å². The summed E-state index contributed by atoms with van der Waals surface area (Å²) in [6.07, 6.45) is -5.32. The number of anilines is 3. The third kappa shape index (κ3) is 4.46. The van der Waals surface area contributed by atoms with Crippen molar-refractivity contribution in [3.8, 4) is 5.75 Å². The molecule has 0 unspecified atom stereocenters. The van der Waals surface area contributed by atoms with Gasteiger partial charge in [-0.05, 0) is 43.3 Å². The Morgan fingerprint density at radius 3 is 2.58 bits per heavy atom. The second-order valence-corrected chi connectivity index (χ2v) is 8.26. The summed E-state index contributed by atoms with van der Waals surface area (Å²) in [5.74, 6) is -0.841. The smallest absolute Gasteiger partial charge is 0.416 e. The van der Waals surface area contributed by atoms with Crippen LogP contribution in [0.15, 0.2) is 41.3 Å². The average molecular weight is 451 g/mol. The molecule has 162 valence electrons. The maximum atomic E-state index is 12.9. The van der Waals surface area contributed by atoms with Gasteiger partial charge in [0.25, 0.3) is 5.91 Å². The summed E-state index contributed by atoms with van der Waals surface area (Å²) in [4.78, 5) is 36.9. The molecule has 4 rings (SSSR count). The second kappa shape index (κ2) is 7.80. The van der Waals surface area contributed by atoms with Crippen molar-refractivity contribution >= 4 is 46.5 Å². The molecule has 0 saturated heterocycles. The van der Waals surface area contributed by atoms with Gasteiger partial charge in [-0.2, -0.15) is 13.2 Å². The van der Waals surface area contributed by atoms with Crippen molar-refractivity contribution in [1.29, 1.82) is 0 Å². The number of nitrogens with one attached hydrogen (secondary N) is 3. The van der Waals surface area contributed by atoms with E-state index in [0.29, 0.717) is 22.0 Å². The number of ether oxygens (including phenoxy) is 1. The van der Waals surface area contributed by atoms with E-state index in [-0.39, 0.29) is 18.0 Å². The number of carbonyl (C=O) groups excluding carboxylic acids is 3. The maximum absolute atomic E-state index is 12.9. The van der Waals surface area contributed by atoms with Crippen LogP contribution in [0.3, 0.4) is 0 Å². The summed E-state index contributed by atoms with van der Waals surface area (Å²) in [6.45, 7) is 1.61. The van der Waals surface area contributed by atoms with E-state index in [1.807, 2.05) is 0 Å². The number of carbonyl (C=O) groups is 3. The summed E-state index contributed by atoms with van der Waals surface area (Å²) in [5.41, 5.74) is 0.0288. The van der Waals surface area contributed by atoms with Crippen molar-refractivity contribution in [3.05, 3.63) is 42.0 Å². The highest BCUT2D eigenvalue weighted by atomic mass is 32.2. The fourth-order valence-corrected chi connectivity index (χ4v) is 4.22. The third-order valence-corrected chi connectivity index (χ3v) is 5.97. The number of rotatable bonds is 3. The van der Waals surface area contributed by atoms with Gasteiger partial charge in [0, 0.05) is 17.0 Å². The molecule has 0 spiro atoms. The van der Waals surface area contributed by atoms with Gasteiger partial charge in [-0.25, -0.2) is 0 Å². The van der Waals surface area contributed by atoms with Crippen LogP contribution in [0.4, 0.5) is 30.2 Å². The number of alkyl halides is 3. The minimum Gasteiger partial charge on any atom is -0.479 e. The highest BCUT2D eigenvalue weighted by molar-refractivity contribution is 8.01. The van der Waals surface area contributed by atoms with Crippen LogP contribution in [0.25, 0.3) is 0 Å². The Hall–Kier alpha value is -3.21. The van der Waals surface area contributed by atoms with Crippen molar-refractivity contribution in [2.45, 2.75) is 35.8 Å². The first-order valence-electron chi connectivity index (χ1n) is 9.20. The zero-order chi connectivity index (χ0) is 22.3. The normalized spacial score (nSPS) is 20.0. The maximum Gasteiger partial charge on any atom is 0.416 e. The minimum atomic E-state index is -4.52. The van der Waals surface area contributed by atoms with Crippen molar-refractivity contribution in [3.63, 3.8) is 0 Å². The molecular formula is C20H16F3N3O4S. The molecule has 0 radical (unpaired) electrons. The Morgan fingerprint density at radius 2 is 1.84 bits per heavy atom. The van der Waals surface area contributed by atoms with Gasteiger partial charge in [-0.1, -0.05) is 0 Å². The lowest BCUT2D eigenvalue weighted by atomic mass is 10.1. The molecule has 0 aromatic heterocycles. The van der Waals surface area contributed by atoms with Crippen LogP contribution in [-0.2, 0) is 20.6 Å². The van der Waals surface area contributed by atoms with Crippen LogP contribution >= 0.6 is 11.8 Å². The monoisotopic (exact) mass is 451 g/mol. The lowest BCUT2D eigenvalue weighted by Gasteiger charge is -2.25. The molecule has 0 bridgehead atoms. The first kappa shape index (κ1) is 21.0. The van der Waals surface area contributed by atoms with Crippen LogP contribution in [0.5, 0.6) is 5.75 Å². The zero-order valence-corrected chi connectivity index (χ0v) is 16.8. The van der Waals surface area contributed by atoms with E-state index in [0.717, 1.165) is 23.9 Å². The van der Waals surface area contributed by atoms with Crippen LogP contribution < -0.4 is 20.7 Å². The van der Waals surface area contributed by atoms with E-state index in [2.05, 4.69) is 16.0 Å². The number of amides is 3. The van der Waals surface area contributed by atoms with Gasteiger partial charge in [-0.3, -0.25) is 14.4 Å². The molecule has 0 aliphatic carbocycles. The van der Waals surface area contributed by atoms with Gasteiger partial charge < -0.3 is 20.7 Å². The van der Waals surface area contributed by atoms with E-state index in [4.69, 9.17) is 4.74 Å². The van der Waals surface area contributed by atoms with Crippen molar-refractivity contribution in [2.75, 3.05) is 16.0 Å². The van der Waals surface area contributed by atoms with Gasteiger partial charge in [0.1, 0.15) is 5.75 Å². The number of thioether (sulfide) groups is 1. The molecule has 2 aliphatic rings. The van der Waals surface area contributed by atoms with E-state index in [9.17, 15) is 27.6 Å². The molecule has 2 aliphatic heterocycles. The van der Waals surface area contributed by atoms with Crippen LogP contribution in [0.2, 0.25) is 0 Å². The van der Waals surface area contributed by atoms with Crippen LogP contribution in [0, 0.1) is 0 Å². The van der Waals surface area contributed by atoms with E-state index >= 15 is 0 Å². The molecule has 31 heavy (non-hydrogen) atoms. The molecular weight excluding hydrogens is 435 g/mol. The fourth-order valence-electron chi connectivity index (χ4n) is 3.13. The summed E-state index contributed by atoms with van der Waals surface area (Å²) in [5, 5.41) is 6.96. The van der Waals surface area contributed by atoms with Gasteiger partial charge in [0.2, 0.25) is 11.8 Å². The SMILES string of the molecule is C[C@@H]1Oc2ccc(NC(=O)C[C@H]3Sc4ccc(C(F)(F)F)cc4NC3=O)cc2NC1=O. The molecule has 7 nitrogen and oxygen atoms in total. The number of fused-ring (bicyclic) bond motifs is 2. The van der Waals surface area contributed by atoms with Gasteiger partial charge >= 0.3 is 6.18 Å². The van der Waals surface area contributed by atoms with Gasteiger partial charge in [-0.15, -0.1) is 11.8 Å². The standard InChI is InChI=1S/C20H16F3N3O4S/c1-9-18(28)25-12-7-11(3-4-14(12)30-9)24-17(27)8-16-19(29)26-13-6-10(20(21,22)23)2-5-15(13)31-16/h2-7,9,16H,8H2,1H3,(H,24,27)(H,25,28)(H,26,29)/t9-,16+/m0/s1. The predicted molar refractivity (Wildman–Crippen MR) is 108 cm³/mol. The molecule has 2 atom stereocenters. The molecule has 3 N–H and O–H groups in total. The molecule has 2 aromatic rings. The predicted octanol–water partition coefficient (Wildman–Crippen LogP) is 3.87. The van der Waals surface area contributed by atoms with Gasteiger partial charge in [0.05, 0.1) is 22.2 Å². The number of hydrogen-bond acceptors (Lipinski definition) is 5. The number of hydrogen-bond donors (Lipinski definition) is 3. The average Bonchev–Trinajstić information content (AvgIpc) is 2.68. The Labute approximate surface area is 178 Å². The van der Waals surface area contributed by atoms with Crippen molar-refractivity contribution in [1.82, 2.24) is 0 Å². The Morgan fingerprint density at radius 1 is 1.10 bits per heavy atom. The van der Waals surface area contributed by atoms with Gasteiger partial charge in [0.15, 0.2) is 6.10 Å². The molecule has 3 amide bonds. The fraction of sp³-hybridized carbons (Fsp3) is 0.250. The third-order valence-electron chi connectivity index (χ3n) is 4.69. The molecule has 2 heterocycles. The summed E-state index contributed by atoms with van der Waals surface area (Å²) >= 11 is 1.03. The molecule has 11 heteroatoms. The number of halogens is 3. The summed E-state index contributed by atoms with van der Waals surface area (Å²) in [7, 11) is 0. The summed E-state index contributed by atoms with van der Waals surface area (Å²) < 4.78 is 44.0. The summed E-state index contributed by atoms with van der Waals surface area (Å²) in [6, 6.07) is 7.84. The van der Waals surface area contributed by atoms with E-state index in [1.165, 1.54) is 6.07 Å². The van der Waals surface area contributed by atoms with Crippen LogP contribution in [0.1, 0.15) is 18.9 Å². The second-order valence-electron chi connectivity index (χ2n) is 7.02. The first-order chi connectivity index (χ1) is 14.6. The lowest BCUT2D eigenvalue weighted by molar-refractivity contribution is -0.137. The molecule has 0 saturated carbocycles. The zero-order valence-electron chi connectivity index (χ0n) is 16.0. The highest BCUT2D eigenvalue weighted by Gasteiger charge is 2.34. The number of benzene rings is 2. The lowest BCUT2D eigenvalue weighted by Crippen LogP contribution is -2.34. The quantitative estimate of drug-likeness (QED) is 0.659. The Bertz CT molecular complexity index is 1090. The molecule has 2 aromatic carbocycles. The Balaban J connectivity index is 1.42. The molecule has 0 fully saturated rings. The topological polar surface area (TPSA) is 96.5 Å². The minimum absolute atomic E-state index is 0.0705.